The molecular formula is C15H13N3S2. The van der Waals surface area contributed by atoms with Crippen LogP contribution in [0, 0.1) is 6.92 Å². The number of hydrogen-bond acceptors (Lipinski definition) is 4. The highest BCUT2D eigenvalue weighted by Crippen LogP contribution is 2.28. The third kappa shape index (κ3) is 2.37. The fraction of sp³-hybridized carbons (Fsp3) is 0.0667. The Kier molecular flexibility index (Phi) is 3.38. The van der Waals surface area contributed by atoms with Crippen LogP contribution < -0.4 is 11.1 Å². The summed E-state index contributed by atoms with van der Waals surface area (Å²) in [7, 11) is 0. The van der Waals surface area contributed by atoms with Crippen molar-refractivity contribution in [2.45, 2.75) is 6.92 Å². The largest absolute Gasteiger partial charge is 0.389 e. The van der Waals surface area contributed by atoms with Gasteiger partial charge in [0.15, 0.2) is 0 Å². The van der Waals surface area contributed by atoms with E-state index in [0.717, 1.165) is 32.7 Å². The standard InChI is InChI=1S/C15H13N3S2/c1-9-3-2-4-11(15(16)19)14(9)18-10-5-6-12-13(7-10)20-8-17-12/h2-8,18H,1H3,(H2,16,19). The highest BCUT2D eigenvalue weighted by atomic mass is 32.1. The average molecular weight is 299 g/mol. The average Bonchev–Trinajstić information content (AvgIpc) is 2.88. The minimum absolute atomic E-state index is 0.398. The second-order valence-electron chi connectivity index (χ2n) is 4.52. The molecule has 3 aromatic rings. The number of aryl methyl sites for hydroxylation is 1. The topological polar surface area (TPSA) is 50.9 Å². The Morgan fingerprint density at radius 2 is 2.15 bits per heavy atom. The van der Waals surface area contributed by atoms with E-state index in [1.807, 2.05) is 42.8 Å². The molecular weight excluding hydrogens is 286 g/mol. The lowest BCUT2D eigenvalue weighted by atomic mass is 10.1. The molecule has 0 aliphatic rings. The van der Waals surface area contributed by atoms with Gasteiger partial charge in [-0.15, -0.1) is 11.3 Å². The van der Waals surface area contributed by atoms with Crippen LogP contribution in [0.1, 0.15) is 11.1 Å². The molecule has 0 fully saturated rings. The van der Waals surface area contributed by atoms with Gasteiger partial charge < -0.3 is 11.1 Å². The molecule has 5 heteroatoms. The Labute approximate surface area is 126 Å². The zero-order chi connectivity index (χ0) is 14.1. The van der Waals surface area contributed by atoms with Gasteiger partial charge in [-0.2, -0.15) is 0 Å². The lowest BCUT2D eigenvalue weighted by Crippen LogP contribution is -2.12. The smallest absolute Gasteiger partial charge is 0.106 e. The fourth-order valence-electron chi connectivity index (χ4n) is 2.12. The number of thiocarbonyl (C=S) groups is 1. The van der Waals surface area contributed by atoms with Crippen molar-refractivity contribution in [2.75, 3.05) is 5.32 Å². The number of nitrogens with two attached hydrogens (primary N) is 1. The van der Waals surface area contributed by atoms with E-state index in [2.05, 4.69) is 16.4 Å². The number of fused-ring (bicyclic) bond motifs is 1. The van der Waals surface area contributed by atoms with Crippen LogP contribution in [0.5, 0.6) is 0 Å². The molecule has 0 aliphatic carbocycles. The van der Waals surface area contributed by atoms with Crippen LogP contribution in [-0.2, 0) is 0 Å². The predicted molar refractivity (Wildman–Crippen MR) is 90.0 cm³/mol. The van der Waals surface area contributed by atoms with Crippen molar-refractivity contribution in [3.8, 4) is 0 Å². The quantitative estimate of drug-likeness (QED) is 0.718. The minimum Gasteiger partial charge on any atom is -0.389 e. The lowest BCUT2D eigenvalue weighted by molar-refractivity contribution is 1.42. The van der Waals surface area contributed by atoms with Crippen LogP contribution in [0.25, 0.3) is 10.2 Å². The predicted octanol–water partition coefficient (Wildman–Crippen LogP) is 3.98. The number of thiazole rings is 1. The van der Waals surface area contributed by atoms with Crippen LogP contribution in [0.4, 0.5) is 11.4 Å². The zero-order valence-electron chi connectivity index (χ0n) is 10.9. The number of aromatic nitrogens is 1. The Bertz CT molecular complexity index is 793. The van der Waals surface area contributed by atoms with E-state index < -0.39 is 0 Å². The summed E-state index contributed by atoms with van der Waals surface area (Å²) < 4.78 is 1.15. The highest BCUT2D eigenvalue weighted by Gasteiger charge is 2.08. The lowest BCUT2D eigenvalue weighted by Gasteiger charge is -2.14. The number of benzene rings is 2. The van der Waals surface area contributed by atoms with E-state index in [9.17, 15) is 0 Å². The van der Waals surface area contributed by atoms with Gasteiger partial charge in [0.05, 0.1) is 21.4 Å². The molecule has 2 aromatic carbocycles. The number of anilines is 2. The normalized spacial score (nSPS) is 10.7. The van der Waals surface area contributed by atoms with Gasteiger partial charge in [-0.1, -0.05) is 24.4 Å². The molecule has 3 nitrogen and oxygen atoms in total. The van der Waals surface area contributed by atoms with Crippen molar-refractivity contribution in [3.63, 3.8) is 0 Å². The molecule has 0 aliphatic heterocycles. The molecule has 0 saturated carbocycles. The van der Waals surface area contributed by atoms with Crippen molar-refractivity contribution in [2.24, 2.45) is 5.73 Å². The van der Waals surface area contributed by atoms with E-state index in [1.165, 1.54) is 0 Å². The summed E-state index contributed by atoms with van der Waals surface area (Å²) in [5, 5.41) is 3.42. The zero-order valence-corrected chi connectivity index (χ0v) is 12.5. The maximum absolute atomic E-state index is 5.79. The highest BCUT2D eigenvalue weighted by molar-refractivity contribution is 7.80. The third-order valence-electron chi connectivity index (χ3n) is 3.14. The maximum Gasteiger partial charge on any atom is 0.106 e. The first-order valence-electron chi connectivity index (χ1n) is 6.15. The van der Waals surface area contributed by atoms with E-state index in [4.69, 9.17) is 18.0 Å². The van der Waals surface area contributed by atoms with E-state index in [0.29, 0.717) is 4.99 Å². The first-order valence-corrected chi connectivity index (χ1v) is 7.43. The Balaban J connectivity index is 2.04. The molecule has 1 aromatic heterocycles. The van der Waals surface area contributed by atoms with Gasteiger partial charge in [0.25, 0.3) is 0 Å². The van der Waals surface area contributed by atoms with Gasteiger partial charge in [0.2, 0.25) is 0 Å². The SMILES string of the molecule is Cc1cccc(C(N)=S)c1Nc1ccc2ncsc2c1. The number of nitrogens with zero attached hydrogens (tertiary/aromatic N) is 1. The number of hydrogen-bond donors (Lipinski definition) is 2. The Morgan fingerprint density at radius 3 is 2.95 bits per heavy atom. The van der Waals surface area contributed by atoms with Crippen LogP contribution in [0.3, 0.4) is 0 Å². The van der Waals surface area contributed by atoms with E-state index in [1.54, 1.807) is 11.3 Å². The fourth-order valence-corrected chi connectivity index (χ4v) is 3.00. The van der Waals surface area contributed by atoms with Gasteiger partial charge in [-0.05, 0) is 36.8 Å². The van der Waals surface area contributed by atoms with Gasteiger partial charge in [-0.3, -0.25) is 0 Å². The van der Waals surface area contributed by atoms with Crippen molar-refractivity contribution >= 4 is 50.1 Å². The molecule has 0 bridgehead atoms. The molecule has 0 saturated heterocycles. The summed E-state index contributed by atoms with van der Waals surface area (Å²) >= 11 is 6.74. The molecule has 0 atom stereocenters. The van der Waals surface area contributed by atoms with Crippen molar-refractivity contribution in [1.29, 1.82) is 0 Å². The second kappa shape index (κ2) is 5.19. The van der Waals surface area contributed by atoms with Gasteiger partial charge in [-0.25, -0.2) is 4.98 Å². The number of nitrogens with one attached hydrogen (secondary N) is 1. The molecule has 100 valence electrons. The minimum atomic E-state index is 0.398. The summed E-state index contributed by atoms with van der Waals surface area (Å²) in [5.41, 5.74) is 12.6. The van der Waals surface area contributed by atoms with Crippen molar-refractivity contribution in [1.82, 2.24) is 4.98 Å². The monoisotopic (exact) mass is 299 g/mol. The molecule has 20 heavy (non-hydrogen) atoms. The van der Waals surface area contributed by atoms with Crippen LogP contribution in [0.15, 0.2) is 41.9 Å². The number of para-hydroxylation sites is 1. The summed E-state index contributed by atoms with van der Waals surface area (Å²) in [6.45, 7) is 2.04. The summed E-state index contributed by atoms with van der Waals surface area (Å²) in [4.78, 5) is 4.68. The molecule has 3 N–H and O–H groups in total. The first-order chi connectivity index (χ1) is 9.65. The molecule has 0 radical (unpaired) electrons. The molecule has 3 rings (SSSR count). The maximum atomic E-state index is 5.79. The summed E-state index contributed by atoms with van der Waals surface area (Å²) in [6, 6.07) is 12.0. The van der Waals surface area contributed by atoms with Gasteiger partial charge in [0.1, 0.15) is 4.99 Å². The molecule has 0 spiro atoms. The van der Waals surface area contributed by atoms with E-state index in [-0.39, 0.29) is 0 Å². The van der Waals surface area contributed by atoms with E-state index >= 15 is 0 Å². The van der Waals surface area contributed by atoms with Crippen LogP contribution in [-0.4, -0.2) is 9.97 Å². The van der Waals surface area contributed by atoms with Crippen molar-refractivity contribution < 1.29 is 0 Å². The second-order valence-corrected chi connectivity index (χ2v) is 5.85. The molecule has 1 heterocycles. The van der Waals surface area contributed by atoms with Crippen LogP contribution >= 0.6 is 23.6 Å². The summed E-state index contributed by atoms with van der Waals surface area (Å²) in [6.07, 6.45) is 0. The van der Waals surface area contributed by atoms with Crippen LogP contribution in [0.2, 0.25) is 0 Å². The molecule has 0 unspecified atom stereocenters. The molecule has 0 amide bonds. The van der Waals surface area contributed by atoms with Gasteiger partial charge in [0, 0.05) is 11.3 Å². The Morgan fingerprint density at radius 1 is 1.30 bits per heavy atom. The van der Waals surface area contributed by atoms with Gasteiger partial charge >= 0.3 is 0 Å². The third-order valence-corrected chi connectivity index (χ3v) is 4.15. The number of rotatable bonds is 3. The van der Waals surface area contributed by atoms with Crippen molar-refractivity contribution in [3.05, 3.63) is 53.0 Å². The Hall–Kier alpha value is -1.98. The first kappa shape index (κ1) is 13.0. The summed E-state index contributed by atoms with van der Waals surface area (Å²) in [5.74, 6) is 0.